The maximum absolute atomic E-state index is 12.5. The summed E-state index contributed by atoms with van der Waals surface area (Å²) in [5.74, 6) is 0.0414. The fourth-order valence-corrected chi connectivity index (χ4v) is 2.85. The Hall–Kier alpha value is -2.08. The minimum atomic E-state index is -0.918. The molecule has 2 aliphatic heterocycles. The Morgan fingerprint density at radius 1 is 1.00 bits per heavy atom. The molecule has 6 nitrogen and oxygen atoms in total. The van der Waals surface area contributed by atoms with E-state index in [0.717, 1.165) is 37.3 Å². The number of nitrogens with zero attached hydrogens (tertiary/aromatic N) is 3. The van der Waals surface area contributed by atoms with E-state index >= 15 is 0 Å². The number of hydrogen-bond acceptors (Lipinski definition) is 3. The van der Waals surface area contributed by atoms with Gasteiger partial charge in [-0.2, -0.15) is 0 Å². The van der Waals surface area contributed by atoms with Crippen molar-refractivity contribution in [3.63, 3.8) is 0 Å². The van der Waals surface area contributed by atoms with Crippen molar-refractivity contribution in [3.8, 4) is 0 Å². The van der Waals surface area contributed by atoms with Gasteiger partial charge in [0.1, 0.15) is 0 Å². The highest BCUT2D eigenvalue weighted by molar-refractivity contribution is 5.94. The normalized spacial score (nSPS) is 18.7. The molecule has 0 unspecified atom stereocenters. The fraction of sp³-hybridized carbons (Fsp3) is 0.467. The number of carbonyl (C=O) groups is 2. The van der Waals surface area contributed by atoms with Gasteiger partial charge < -0.3 is 14.9 Å². The van der Waals surface area contributed by atoms with E-state index in [0.29, 0.717) is 18.7 Å². The van der Waals surface area contributed by atoms with Crippen LogP contribution in [-0.2, 0) is 13.1 Å². The van der Waals surface area contributed by atoms with Crippen LogP contribution >= 0.6 is 0 Å². The van der Waals surface area contributed by atoms with Crippen LogP contribution in [0.4, 0.5) is 4.79 Å². The highest BCUT2D eigenvalue weighted by atomic mass is 16.4. The Bertz CT molecular complexity index is 580. The maximum atomic E-state index is 12.5. The van der Waals surface area contributed by atoms with Crippen LogP contribution in [-0.4, -0.2) is 65.0 Å². The van der Waals surface area contributed by atoms with Crippen LogP contribution in [0.1, 0.15) is 21.5 Å². The summed E-state index contributed by atoms with van der Waals surface area (Å²) >= 11 is 0. The minimum Gasteiger partial charge on any atom is -0.465 e. The van der Waals surface area contributed by atoms with Crippen molar-refractivity contribution in [2.45, 2.75) is 13.1 Å². The largest absolute Gasteiger partial charge is 0.465 e. The lowest BCUT2D eigenvalue weighted by molar-refractivity contribution is 0.0664. The van der Waals surface area contributed by atoms with E-state index in [1.54, 1.807) is 0 Å². The van der Waals surface area contributed by atoms with Crippen molar-refractivity contribution in [2.75, 3.05) is 33.2 Å². The maximum Gasteiger partial charge on any atom is 0.407 e. The zero-order valence-electron chi connectivity index (χ0n) is 12.1. The van der Waals surface area contributed by atoms with E-state index in [2.05, 4.69) is 11.9 Å². The quantitative estimate of drug-likeness (QED) is 0.840. The van der Waals surface area contributed by atoms with Crippen LogP contribution in [0.3, 0.4) is 0 Å². The van der Waals surface area contributed by atoms with Gasteiger partial charge in [0, 0.05) is 44.8 Å². The number of benzene rings is 1. The topological polar surface area (TPSA) is 64.1 Å². The summed E-state index contributed by atoms with van der Waals surface area (Å²) in [5, 5.41) is 9.04. The molecular weight excluding hydrogens is 270 g/mol. The Labute approximate surface area is 123 Å². The smallest absolute Gasteiger partial charge is 0.407 e. The molecule has 6 heteroatoms. The molecule has 21 heavy (non-hydrogen) atoms. The third-order valence-corrected chi connectivity index (χ3v) is 4.24. The number of likely N-dealkylation sites (N-methyl/N-ethyl adjacent to an activating group) is 1. The zero-order chi connectivity index (χ0) is 15.0. The molecule has 2 aliphatic rings. The van der Waals surface area contributed by atoms with Crippen LogP contribution < -0.4 is 0 Å². The van der Waals surface area contributed by atoms with Gasteiger partial charge in [0.2, 0.25) is 0 Å². The first-order chi connectivity index (χ1) is 10.0. The van der Waals surface area contributed by atoms with Crippen LogP contribution in [0.5, 0.6) is 0 Å². The van der Waals surface area contributed by atoms with E-state index in [-0.39, 0.29) is 5.91 Å². The van der Waals surface area contributed by atoms with Gasteiger partial charge in [-0.3, -0.25) is 9.69 Å². The highest BCUT2D eigenvalue weighted by Crippen LogP contribution is 2.24. The number of amides is 2. The molecule has 112 valence electrons. The molecule has 3 rings (SSSR count). The molecule has 0 aromatic heterocycles. The van der Waals surface area contributed by atoms with Gasteiger partial charge in [-0.15, -0.1) is 0 Å². The zero-order valence-corrected chi connectivity index (χ0v) is 12.1. The van der Waals surface area contributed by atoms with Crippen molar-refractivity contribution in [3.05, 3.63) is 34.9 Å². The van der Waals surface area contributed by atoms with Gasteiger partial charge in [0.15, 0.2) is 0 Å². The Morgan fingerprint density at radius 2 is 1.67 bits per heavy atom. The van der Waals surface area contributed by atoms with Crippen LogP contribution in [0.25, 0.3) is 0 Å². The Kier molecular flexibility index (Phi) is 3.55. The lowest BCUT2D eigenvalue weighted by Gasteiger charge is -2.32. The number of piperazine rings is 1. The van der Waals surface area contributed by atoms with Gasteiger partial charge in [0.05, 0.1) is 0 Å². The van der Waals surface area contributed by atoms with Gasteiger partial charge in [-0.25, -0.2) is 4.79 Å². The number of carboxylic acid groups (broad SMARTS) is 1. The number of rotatable bonds is 1. The molecular formula is C15H19N3O3. The second-order valence-electron chi connectivity index (χ2n) is 5.72. The number of fused-ring (bicyclic) bond motifs is 1. The first-order valence-corrected chi connectivity index (χ1v) is 7.12. The second-order valence-corrected chi connectivity index (χ2v) is 5.72. The third kappa shape index (κ3) is 2.71. The SMILES string of the molecule is CN1CCN(C(=O)c2ccc3c(c2)CN(C(=O)O)C3)CC1. The lowest BCUT2D eigenvalue weighted by atomic mass is 10.1. The van der Waals surface area contributed by atoms with Crippen LogP contribution in [0.15, 0.2) is 18.2 Å². The van der Waals surface area contributed by atoms with Gasteiger partial charge in [0.25, 0.3) is 5.91 Å². The first kappa shape index (κ1) is 13.9. The molecule has 2 heterocycles. The standard InChI is InChI=1S/C15H19N3O3/c1-16-4-6-17(7-5-16)14(19)11-2-3-12-9-18(15(20)21)10-13(12)8-11/h2-3,8H,4-7,9-10H2,1H3,(H,20,21). The highest BCUT2D eigenvalue weighted by Gasteiger charge is 2.25. The van der Waals surface area contributed by atoms with Crippen molar-refractivity contribution in [2.24, 2.45) is 0 Å². The molecule has 1 N–H and O–H groups in total. The molecule has 0 saturated carbocycles. The van der Waals surface area contributed by atoms with E-state index in [1.807, 2.05) is 23.1 Å². The molecule has 1 aromatic rings. The third-order valence-electron chi connectivity index (χ3n) is 4.24. The Morgan fingerprint density at radius 3 is 2.33 bits per heavy atom. The van der Waals surface area contributed by atoms with E-state index in [4.69, 9.17) is 5.11 Å². The number of hydrogen-bond donors (Lipinski definition) is 1. The van der Waals surface area contributed by atoms with E-state index < -0.39 is 6.09 Å². The van der Waals surface area contributed by atoms with Gasteiger partial charge in [-0.05, 0) is 30.3 Å². The van der Waals surface area contributed by atoms with Crippen molar-refractivity contribution >= 4 is 12.0 Å². The molecule has 2 amide bonds. The average molecular weight is 289 g/mol. The minimum absolute atomic E-state index is 0.0414. The summed E-state index contributed by atoms with van der Waals surface area (Å²) in [6.45, 7) is 4.05. The predicted octanol–water partition coefficient (Wildman–Crippen LogP) is 1.07. The van der Waals surface area contributed by atoms with Crippen molar-refractivity contribution in [1.29, 1.82) is 0 Å². The number of carbonyl (C=O) groups excluding carboxylic acids is 1. The monoisotopic (exact) mass is 289 g/mol. The molecule has 0 spiro atoms. The molecule has 1 fully saturated rings. The fourth-order valence-electron chi connectivity index (χ4n) is 2.85. The molecule has 0 radical (unpaired) electrons. The summed E-state index contributed by atoms with van der Waals surface area (Å²) in [4.78, 5) is 28.9. The van der Waals surface area contributed by atoms with Crippen LogP contribution in [0, 0.1) is 0 Å². The van der Waals surface area contributed by atoms with E-state index in [9.17, 15) is 9.59 Å². The van der Waals surface area contributed by atoms with Gasteiger partial charge >= 0.3 is 6.09 Å². The van der Waals surface area contributed by atoms with Crippen molar-refractivity contribution in [1.82, 2.24) is 14.7 Å². The first-order valence-electron chi connectivity index (χ1n) is 7.12. The molecule has 0 bridgehead atoms. The summed E-state index contributed by atoms with van der Waals surface area (Å²) < 4.78 is 0. The average Bonchev–Trinajstić information content (AvgIpc) is 2.90. The molecule has 0 atom stereocenters. The van der Waals surface area contributed by atoms with Gasteiger partial charge in [-0.1, -0.05) is 6.07 Å². The molecule has 1 saturated heterocycles. The van der Waals surface area contributed by atoms with Crippen molar-refractivity contribution < 1.29 is 14.7 Å². The summed E-state index contributed by atoms with van der Waals surface area (Å²) in [5.41, 5.74) is 2.59. The molecule has 1 aromatic carbocycles. The summed E-state index contributed by atoms with van der Waals surface area (Å²) in [6, 6.07) is 5.53. The van der Waals surface area contributed by atoms with Crippen LogP contribution in [0.2, 0.25) is 0 Å². The predicted molar refractivity (Wildman–Crippen MR) is 77.1 cm³/mol. The Balaban J connectivity index is 1.75. The molecule has 0 aliphatic carbocycles. The summed E-state index contributed by atoms with van der Waals surface area (Å²) in [7, 11) is 2.05. The summed E-state index contributed by atoms with van der Waals surface area (Å²) in [6.07, 6.45) is -0.918. The second kappa shape index (κ2) is 5.37. The van der Waals surface area contributed by atoms with E-state index in [1.165, 1.54) is 4.90 Å². The lowest BCUT2D eigenvalue weighted by Crippen LogP contribution is -2.47.